The highest BCUT2D eigenvalue weighted by molar-refractivity contribution is 7.84. The van der Waals surface area contributed by atoms with Crippen molar-refractivity contribution in [3.05, 3.63) is 0 Å². The van der Waals surface area contributed by atoms with E-state index in [9.17, 15) is 9.32 Å². The molecular weight excluding hydrogens is 266 g/mol. The largest absolute Gasteiger partial charge is 0.390 e. The first-order valence-electron chi connectivity index (χ1n) is 6.75. The average Bonchev–Trinajstić information content (AvgIpc) is 2.66. The van der Waals surface area contributed by atoms with Gasteiger partial charge in [0.2, 0.25) is 0 Å². The van der Waals surface area contributed by atoms with E-state index in [0.717, 1.165) is 0 Å². The normalized spacial score (nSPS) is 43.2. The van der Waals surface area contributed by atoms with Crippen molar-refractivity contribution in [3.63, 3.8) is 0 Å². The lowest BCUT2D eigenvalue weighted by Crippen LogP contribution is -2.47. The fraction of sp³-hybridized carbons (Fsp3) is 1.00. The summed E-state index contributed by atoms with van der Waals surface area (Å²) in [4.78, 5) is 0. The monoisotopic (exact) mass is 291 g/mol. The molecule has 1 saturated carbocycles. The highest BCUT2D eigenvalue weighted by atomic mass is 32.2. The van der Waals surface area contributed by atoms with Crippen LogP contribution in [-0.2, 0) is 20.5 Å². The lowest BCUT2D eigenvalue weighted by Gasteiger charge is -2.29. The first-order chi connectivity index (χ1) is 8.53. The third-order valence-electron chi connectivity index (χ3n) is 3.76. The first kappa shape index (κ1) is 15.4. The standard InChI is InChI=1S/C13H25NO4S/c1-7-8(14-19(16)12(2,3)4)10-11(9(7)15)18-13(5,6)17-10/h7-11,14-15H,1-6H3/t7-,8+,9+,10-,11+,19?/m1/s1. The third-order valence-corrected chi connectivity index (χ3v) is 5.36. The van der Waals surface area contributed by atoms with Gasteiger partial charge in [-0.25, -0.2) is 8.93 Å². The van der Waals surface area contributed by atoms with E-state index in [1.165, 1.54) is 0 Å². The molecule has 2 N–H and O–H groups in total. The van der Waals surface area contributed by atoms with Crippen molar-refractivity contribution in [1.29, 1.82) is 0 Å². The number of ether oxygens (including phenoxy) is 2. The molecule has 112 valence electrons. The van der Waals surface area contributed by atoms with E-state index in [1.807, 2.05) is 41.5 Å². The molecule has 2 fully saturated rings. The van der Waals surface area contributed by atoms with Gasteiger partial charge in [0.25, 0.3) is 0 Å². The van der Waals surface area contributed by atoms with E-state index < -0.39 is 22.9 Å². The van der Waals surface area contributed by atoms with Crippen LogP contribution in [0.1, 0.15) is 41.5 Å². The molecule has 1 saturated heterocycles. The summed E-state index contributed by atoms with van der Waals surface area (Å²) in [5, 5.41) is 10.2. The predicted molar refractivity (Wildman–Crippen MR) is 73.8 cm³/mol. The zero-order valence-electron chi connectivity index (χ0n) is 12.5. The Kier molecular flexibility index (Phi) is 3.86. The zero-order valence-corrected chi connectivity index (χ0v) is 13.3. The van der Waals surface area contributed by atoms with E-state index in [-0.39, 0.29) is 28.9 Å². The molecule has 19 heavy (non-hydrogen) atoms. The summed E-state index contributed by atoms with van der Waals surface area (Å²) in [5.74, 6) is -0.753. The van der Waals surface area contributed by atoms with Gasteiger partial charge in [-0.3, -0.25) is 0 Å². The summed E-state index contributed by atoms with van der Waals surface area (Å²) in [6.07, 6.45) is -1.20. The molecule has 0 bridgehead atoms. The van der Waals surface area contributed by atoms with Gasteiger partial charge in [-0.2, -0.15) is 0 Å². The van der Waals surface area contributed by atoms with E-state index in [0.29, 0.717) is 0 Å². The molecule has 1 aliphatic heterocycles. The number of rotatable bonds is 2. The number of nitrogens with one attached hydrogen (secondary N) is 1. The van der Waals surface area contributed by atoms with Crippen LogP contribution in [0.4, 0.5) is 0 Å². The van der Waals surface area contributed by atoms with Crippen molar-refractivity contribution >= 4 is 11.0 Å². The molecule has 2 rings (SSSR count). The molecular formula is C13H25NO4S. The van der Waals surface area contributed by atoms with Gasteiger partial charge in [0.1, 0.15) is 12.2 Å². The molecule has 6 atom stereocenters. The van der Waals surface area contributed by atoms with Crippen LogP contribution in [-0.4, -0.2) is 44.2 Å². The Balaban J connectivity index is 2.14. The number of aliphatic hydroxyl groups is 1. The summed E-state index contributed by atoms with van der Waals surface area (Å²) < 4.78 is 26.6. The molecule has 5 nitrogen and oxygen atoms in total. The third kappa shape index (κ3) is 2.88. The van der Waals surface area contributed by atoms with E-state index in [2.05, 4.69) is 4.72 Å². The van der Waals surface area contributed by atoms with Crippen molar-refractivity contribution in [2.24, 2.45) is 5.92 Å². The van der Waals surface area contributed by atoms with Gasteiger partial charge in [0, 0.05) is 5.92 Å². The summed E-state index contributed by atoms with van der Waals surface area (Å²) in [6.45, 7) is 11.3. The van der Waals surface area contributed by atoms with E-state index in [1.54, 1.807) is 0 Å². The minimum atomic E-state index is -1.19. The van der Waals surface area contributed by atoms with E-state index >= 15 is 0 Å². The maximum Gasteiger partial charge on any atom is 0.163 e. The lowest BCUT2D eigenvalue weighted by molar-refractivity contribution is -0.168. The second-order valence-corrected chi connectivity index (χ2v) is 8.94. The van der Waals surface area contributed by atoms with Gasteiger partial charge in [0.15, 0.2) is 5.79 Å². The molecule has 0 spiro atoms. The summed E-state index contributed by atoms with van der Waals surface area (Å²) in [7, 11) is -1.19. The zero-order chi connectivity index (χ0) is 14.6. The van der Waals surface area contributed by atoms with Crippen molar-refractivity contribution < 1.29 is 18.8 Å². The van der Waals surface area contributed by atoms with Crippen molar-refractivity contribution in [2.45, 2.75) is 76.4 Å². The van der Waals surface area contributed by atoms with Crippen molar-refractivity contribution in [2.75, 3.05) is 0 Å². The quantitative estimate of drug-likeness (QED) is 0.794. The Morgan fingerprint density at radius 3 is 2.26 bits per heavy atom. The number of hydrogen-bond acceptors (Lipinski definition) is 4. The predicted octanol–water partition coefficient (Wildman–Crippen LogP) is 0.937. The SMILES string of the molecule is C[C@H]1[C@H](O)[C@@H]2OC(C)(C)O[C@@H]2[C@H]1NS(=O)C(C)(C)C. The number of hydrogen-bond donors (Lipinski definition) is 2. The smallest absolute Gasteiger partial charge is 0.163 e. The molecule has 1 unspecified atom stereocenters. The molecule has 2 aliphatic rings. The molecule has 6 heteroatoms. The Morgan fingerprint density at radius 2 is 1.74 bits per heavy atom. The number of aliphatic hydroxyl groups excluding tert-OH is 1. The Bertz CT molecular complexity index is 379. The number of fused-ring (bicyclic) bond motifs is 1. The van der Waals surface area contributed by atoms with E-state index in [4.69, 9.17) is 9.47 Å². The van der Waals surface area contributed by atoms with Crippen LogP contribution in [0.2, 0.25) is 0 Å². The minimum Gasteiger partial charge on any atom is -0.390 e. The fourth-order valence-electron chi connectivity index (χ4n) is 2.64. The molecule has 0 radical (unpaired) electrons. The molecule has 0 aromatic heterocycles. The fourth-order valence-corrected chi connectivity index (χ4v) is 3.59. The maximum absolute atomic E-state index is 12.2. The van der Waals surface area contributed by atoms with Gasteiger partial charge in [-0.15, -0.1) is 0 Å². The van der Waals surface area contributed by atoms with Crippen LogP contribution < -0.4 is 4.72 Å². The Hall–Kier alpha value is -0.0100. The summed E-state index contributed by atoms with van der Waals surface area (Å²) in [5.41, 5.74) is 0. The van der Waals surface area contributed by atoms with Crippen LogP contribution >= 0.6 is 0 Å². The van der Waals surface area contributed by atoms with Gasteiger partial charge >= 0.3 is 0 Å². The topological polar surface area (TPSA) is 67.8 Å². The van der Waals surface area contributed by atoms with Crippen LogP contribution in [0.5, 0.6) is 0 Å². The van der Waals surface area contributed by atoms with Crippen LogP contribution in [0.15, 0.2) is 0 Å². The second-order valence-electron chi connectivity index (χ2n) is 6.94. The molecule has 0 amide bonds. The Morgan fingerprint density at radius 1 is 1.21 bits per heavy atom. The minimum absolute atomic E-state index is 0.0580. The maximum atomic E-state index is 12.2. The van der Waals surface area contributed by atoms with Crippen LogP contribution in [0.25, 0.3) is 0 Å². The molecule has 1 aliphatic carbocycles. The molecule has 0 aromatic carbocycles. The Labute approximate surface area is 117 Å². The van der Waals surface area contributed by atoms with Gasteiger partial charge in [-0.1, -0.05) is 6.92 Å². The summed E-state index contributed by atoms with van der Waals surface area (Å²) >= 11 is 0. The molecule has 1 heterocycles. The first-order valence-corrected chi connectivity index (χ1v) is 7.90. The lowest BCUT2D eigenvalue weighted by atomic mass is 10.0. The highest BCUT2D eigenvalue weighted by Crippen LogP contribution is 2.41. The van der Waals surface area contributed by atoms with Crippen LogP contribution in [0.3, 0.4) is 0 Å². The van der Waals surface area contributed by atoms with Crippen LogP contribution in [0, 0.1) is 5.92 Å². The summed E-state index contributed by atoms with van der Waals surface area (Å²) in [6, 6.07) is -0.165. The van der Waals surface area contributed by atoms with Crippen molar-refractivity contribution in [1.82, 2.24) is 4.72 Å². The average molecular weight is 291 g/mol. The van der Waals surface area contributed by atoms with Gasteiger partial charge in [-0.05, 0) is 34.6 Å². The van der Waals surface area contributed by atoms with Gasteiger partial charge in [0.05, 0.1) is 27.9 Å². The second kappa shape index (κ2) is 4.77. The molecule has 0 aromatic rings. The van der Waals surface area contributed by atoms with Gasteiger partial charge < -0.3 is 14.6 Å². The highest BCUT2D eigenvalue weighted by Gasteiger charge is 2.57. The van der Waals surface area contributed by atoms with Crippen molar-refractivity contribution in [3.8, 4) is 0 Å².